The van der Waals surface area contributed by atoms with Crippen molar-refractivity contribution in [3.63, 3.8) is 0 Å². The number of nitrogens with two attached hydrogens (primary N) is 1. The average Bonchev–Trinajstić information content (AvgIpc) is 2.94. The van der Waals surface area contributed by atoms with Gasteiger partial charge in [0.25, 0.3) is 0 Å². The van der Waals surface area contributed by atoms with Crippen LogP contribution in [0.2, 0.25) is 0 Å². The van der Waals surface area contributed by atoms with Gasteiger partial charge in [-0.05, 0) is 38.0 Å². The summed E-state index contributed by atoms with van der Waals surface area (Å²) in [5.74, 6) is 1.69. The van der Waals surface area contributed by atoms with Crippen LogP contribution >= 0.6 is 0 Å². The summed E-state index contributed by atoms with van der Waals surface area (Å²) >= 11 is 0. The predicted octanol–water partition coefficient (Wildman–Crippen LogP) is 1.46. The largest absolute Gasteiger partial charge is 0.369 e. The molecule has 1 heterocycles. The number of hydrogen-bond acceptors (Lipinski definition) is 3. The molecule has 5 rings (SSSR count). The molecule has 0 aromatic carbocycles. The van der Waals surface area contributed by atoms with Crippen LogP contribution in [0.25, 0.3) is 0 Å². The monoisotopic (exact) mass is 205 g/mol. The van der Waals surface area contributed by atoms with E-state index in [0.717, 1.165) is 19.3 Å². The summed E-state index contributed by atoms with van der Waals surface area (Å²) in [4.78, 5) is 11.6. The second kappa shape index (κ2) is 2.11. The summed E-state index contributed by atoms with van der Waals surface area (Å²) in [6, 6.07) is 0. The maximum absolute atomic E-state index is 11.6. The van der Waals surface area contributed by atoms with Gasteiger partial charge in [0, 0.05) is 11.8 Å². The van der Waals surface area contributed by atoms with E-state index in [4.69, 9.17) is 5.73 Å². The molecule has 4 fully saturated rings. The fourth-order valence-corrected chi connectivity index (χ4v) is 4.65. The van der Waals surface area contributed by atoms with Crippen LogP contribution in [0.5, 0.6) is 0 Å². The Hall–Kier alpha value is -0.930. The Labute approximate surface area is 88.3 Å². The lowest BCUT2D eigenvalue weighted by Crippen LogP contribution is -2.59. The van der Waals surface area contributed by atoms with Crippen LogP contribution in [0, 0.1) is 23.2 Å². The first-order valence-corrected chi connectivity index (χ1v) is 5.89. The van der Waals surface area contributed by atoms with E-state index in [-0.39, 0.29) is 17.0 Å². The van der Waals surface area contributed by atoms with Gasteiger partial charge < -0.3 is 5.73 Å². The fraction of sp³-hybridized carbons (Fsp3) is 0.909. The summed E-state index contributed by atoms with van der Waals surface area (Å²) < 4.78 is 0. The maximum Gasteiger partial charge on any atom is 0.223 e. The molecule has 4 nitrogen and oxygen atoms in total. The molecule has 2 N–H and O–H groups in total. The van der Waals surface area contributed by atoms with Crippen molar-refractivity contribution in [1.29, 1.82) is 0 Å². The van der Waals surface area contributed by atoms with Crippen LogP contribution in [-0.4, -0.2) is 11.6 Å². The number of nitrogens with zero attached hydrogens (tertiary/aromatic N) is 2. The molecule has 4 bridgehead atoms. The van der Waals surface area contributed by atoms with E-state index >= 15 is 0 Å². The Morgan fingerprint density at radius 3 is 2.20 bits per heavy atom. The van der Waals surface area contributed by atoms with Gasteiger partial charge in [0.2, 0.25) is 5.91 Å². The minimum Gasteiger partial charge on any atom is -0.369 e. The first-order chi connectivity index (χ1) is 7.15. The molecule has 4 heteroatoms. The summed E-state index contributed by atoms with van der Waals surface area (Å²) in [6.45, 7) is 0. The first kappa shape index (κ1) is 8.25. The lowest BCUT2D eigenvalue weighted by atomic mass is 9.46. The first-order valence-electron chi connectivity index (χ1n) is 5.89. The van der Waals surface area contributed by atoms with Crippen LogP contribution in [0.1, 0.15) is 32.1 Å². The second-order valence-corrected chi connectivity index (χ2v) is 5.97. The van der Waals surface area contributed by atoms with Gasteiger partial charge in [-0.2, -0.15) is 10.2 Å². The third-order valence-corrected chi connectivity index (χ3v) is 5.24. The normalized spacial score (nSPS) is 52.4. The summed E-state index contributed by atoms with van der Waals surface area (Å²) in [5, 5.41) is 8.59. The molecule has 2 unspecified atom stereocenters. The van der Waals surface area contributed by atoms with Crippen molar-refractivity contribution in [2.24, 2.45) is 39.1 Å². The molecule has 0 aromatic rings. The molecule has 4 saturated carbocycles. The molecule has 4 aliphatic carbocycles. The minimum absolute atomic E-state index is 0.0458. The highest BCUT2D eigenvalue weighted by Crippen LogP contribution is 2.68. The predicted molar refractivity (Wildman–Crippen MR) is 52.8 cm³/mol. The van der Waals surface area contributed by atoms with Crippen molar-refractivity contribution in [3.8, 4) is 0 Å². The van der Waals surface area contributed by atoms with Crippen molar-refractivity contribution in [3.05, 3.63) is 0 Å². The number of carbonyl (C=O) groups excluding carboxylic acids is 1. The highest BCUT2D eigenvalue weighted by molar-refractivity contribution is 5.81. The van der Waals surface area contributed by atoms with Crippen LogP contribution < -0.4 is 5.73 Å². The Bertz CT molecular complexity index is 365. The zero-order valence-corrected chi connectivity index (χ0v) is 8.65. The van der Waals surface area contributed by atoms with E-state index in [1.54, 1.807) is 0 Å². The minimum atomic E-state index is -0.185. The smallest absolute Gasteiger partial charge is 0.223 e. The van der Waals surface area contributed by atoms with Gasteiger partial charge in [0.1, 0.15) is 0 Å². The third kappa shape index (κ3) is 0.788. The molecule has 0 radical (unpaired) electrons. The standard InChI is InChI=1S/C11H15N3O/c12-9(15)10-3-6-1-7(4-10)11(13-14-11)8(2-6)5-10/h6-8H,1-5H2,(H2,12,15). The Balaban J connectivity index is 1.77. The average molecular weight is 205 g/mol. The molecule has 0 aromatic heterocycles. The molecule has 0 saturated heterocycles. The summed E-state index contributed by atoms with van der Waals surface area (Å²) in [6.07, 6.45) is 5.37. The highest BCUT2D eigenvalue weighted by Gasteiger charge is 2.68. The molecule has 2 atom stereocenters. The van der Waals surface area contributed by atoms with E-state index in [0.29, 0.717) is 17.8 Å². The quantitative estimate of drug-likeness (QED) is 0.691. The Morgan fingerprint density at radius 2 is 1.73 bits per heavy atom. The van der Waals surface area contributed by atoms with E-state index in [1.807, 2.05) is 0 Å². The molecular weight excluding hydrogens is 190 g/mol. The summed E-state index contributed by atoms with van der Waals surface area (Å²) in [5.41, 5.74) is 5.37. The fourth-order valence-electron chi connectivity index (χ4n) is 4.65. The van der Waals surface area contributed by atoms with Crippen LogP contribution in [-0.2, 0) is 4.79 Å². The maximum atomic E-state index is 11.6. The zero-order valence-electron chi connectivity index (χ0n) is 8.65. The van der Waals surface area contributed by atoms with Crippen molar-refractivity contribution in [1.82, 2.24) is 0 Å². The molecule has 1 aliphatic heterocycles. The van der Waals surface area contributed by atoms with E-state index < -0.39 is 0 Å². The lowest BCUT2D eigenvalue weighted by molar-refractivity contribution is -0.147. The van der Waals surface area contributed by atoms with E-state index in [2.05, 4.69) is 10.2 Å². The van der Waals surface area contributed by atoms with Crippen LogP contribution in [0.3, 0.4) is 0 Å². The molecule has 80 valence electrons. The van der Waals surface area contributed by atoms with Gasteiger partial charge in [-0.15, -0.1) is 0 Å². The molecule has 1 amide bonds. The SMILES string of the molecule is NC(=O)C12CC3CC(C1)C1(N=N1)C(C3)C2. The van der Waals surface area contributed by atoms with Crippen LogP contribution in [0.15, 0.2) is 10.2 Å². The number of amides is 1. The van der Waals surface area contributed by atoms with Gasteiger partial charge in [-0.25, -0.2) is 0 Å². The second-order valence-electron chi connectivity index (χ2n) is 5.97. The summed E-state index contributed by atoms with van der Waals surface area (Å²) in [7, 11) is 0. The van der Waals surface area contributed by atoms with Crippen molar-refractivity contribution in [2.45, 2.75) is 37.8 Å². The lowest BCUT2D eigenvalue weighted by Gasteiger charge is -2.57. The molecular formula is C11H15N3O. The van der Waals surface area contributed by atoms with Gasteiger partial charge >= 0.3 is 0 Å². The van der Waals surface area contributed by atoms with Gasteiger partial charge in [-0.1, -0.05) is 0 Å². The Morgan fingerprint density at radius 1 is 1.13 bits per heavy atom. The Kier molecular flexibility index (Phi) is 1.16. The number of rotatable bonds is 1. The van der Waals surface area contributed by atoms with Gasteiger partial charge in [-0.3, -0.25) is 4.79 Å². The van der Waals surface area contributed by atoms with Crippen molar-refractivity contribution < 1.29 is 4.79 Å². The van der Waals surface area contributed by atoms with E-state index in [9.17, 15) is 4.79 Å². The van der Waals surface area contributed by atoms with Crippen LogP contribution in [0.4, 0.5) is 0 Å². The van der Waals surface area contributed by atoms with Gasteiger partial charge in [0.05, 0.1) is 5.41 Å². The topological polar surface area (TPSA) is 67.8 Å². The molecule has 5 aliphatic rings. The molecule has 1 spiro atoms. The van der Waals surface area contributed by atoms with E-state index in [1.165, 1.54) is 12.8 Å². The zero-order chi connectivity index (χ0) is 10.3. The molecule has 15 heavy (non-hydrogen) atoms. The van der Waals surface area contributed by atoms with Crippen molar-refractivity contribution in [2.75, 3.05) is 0 Å². The number of hydrogen-bond donors (Lipinski definition) is 1. The number of primary amides is 1. The van der Waals surface area contributed by atoms with Gasteiger partial charge in [0.15, 0.2) is 5.66 Å². The number of carbonyl (C=O) groups is 1. The highest BCUT2D eigenvalue weighted by atomic mass is 16.1. The third-order valence-electron chi connectivity index (χ3n) is 5.24. The van der Waals surface area contributed by atoms with Crippen molar-refractivity contribution >= 4 is 5.91 Å².